The largest absolute Gasteiger partial charge is 0.490 e. The number of rotatable bonds is 8. The van der Waals surface area contributed by atoms with Crippen molar-refractivity contribution in [1.29, 1.82) is 0 Å². The molecular weight excluding hydrogens is 516 g/mol. The van der Waals surface area contributed by atoms with Gasteiger partial charge in [0, 0.05) is 6.92 Å². The molecule has 1 aliphatic heterocycles. The summed E-state index contributed by atoms with van der Waals surface area (Å²) in [7, 11) is 0. The van der Waals surface area contributed by atoms with Gasteiger partial charge in [0.25, 0.3) is 5.56 Å². The quantitative estimate of drug-likeness (QED) is 0.309. The fourth-order valence-electron chi connectivity index (χ4n) is 4.44. The van der Waals surface area contributed by atoms with Crippen molar-refractivity contribution >= 4 is 29.4 Å². The summed E-state index contributed by atoms with van der Waals surface area (Å²) >= 11 is 1.26. The van der Waals surface area contributed by atoms with Gasteiger partial charge in [-0.3, -0.25) is 14.2 Å². The molecule has 0 saturated heterocycles. The Morgan fingerprint density at radius 2 is 1.79 bits per heavy atom. The Labute approximate surface area is 230 Å². The van der Waals surface area contributed by atoms with Crippen molar-refractivity contribution in [3.8, 4) is 11.5 Å². The predicted molar refractivity (Wildman–Crippen MR) is 150 cm³/mol. The van der Waals surface area contributed by atoms with Gasteiger partial charge in [-0.2, -0.15) is 0 Å². The molecule has 0 N–H and O–H groups in total. The van der Waals surface area contributed by atoms with Gasteiger partial charge in [0.1, 0.15) is 0 Å². The zero-order chi connectivity index (χ0) is 28.3. The second-order valence-electron chi connectivity index (χ2n) is 9.36. The van der Waals surface area contributed by atoms with E-state index in [9.17, 15) is 14.4 Å². The van der Waals surface area contributed by atoms with Crippen molar-refractivity contribution in [3.05, 3.63) is 90.1 Å². The third kappa shape index (κ3) is 5.88. The number of esters is 2. The van der Waals surface area contributed by atoms with E-state index in [1.54, 1.807) is 32.0 Å². The van der Waals surface area contributed by atoms with Crippen molar-refractivity contribution in [2.75, 3.05) is 13.2 Å². The summed E-state index contributed by atoms with van der Waals surface area (Å²) in [5.41, 5.74) is 3.17. The Morgan fingerprint density at radius 3 is 2.41 bits per heavy atom. The van der Waals surface area contributed by atoms with Gasteiger partial charge >= 0.3 is 11.9 Å². The zero-order valence-electron chi connectivity index (χ0n) is 22.9. The van der Waals surface area contributed by atoms with E-state index in [0.717, 1.165) is 5.56 Å². The van der Waals surface area contributed by atoms with Crippen LogP contribution in [0.1, 0.15) is 70.2 Å². The van der Waals surface area contributed by atoms with Crippen LogP contribution in [0.2, 0.25) is 0 Å². The van der Waals surface area contributed by atoms with Gasteiger partial charge in [0.2, 0.25) is 0 Å². The number of benzene rings is 2. The molecule has 0 aliphatic carbocycles. The number of nitrogens with zero attached hydrogens (tertiary/aromatic N) is 2. The number of fused-ring (bicyclic) bond motifs is 1. The molecule has 204 valence electrons. The molecule has 0 bridgehead atoms. The minimum absolute atomic E-state index is 0.175. The molecule has 9 heteroatoms. The summed E-state index contributed by atoms with van der Waals surface area (Å²) in [5.74, 6) is -0.0491. The number of hydrogen-bond donors (Lipinski definition) is 0. The lowest BCUT2D eigenvalue weighted by Gasteiger charge is -2.25. The summed E-state index contributed by atoms with van der Waals surface area (Å²) in [4.78, 5) is 43.7. The Morgan fingerprint density at radius 1 is 1.08 bits per heavy atom. The number of carbonyl (C=O) groups is 2. The van der Waals surface area contributed by atoms with Crippen LogP contribution < -0.4 is 24.4 Å². The topological polar surface area (TPSA) is 96.2 Å². The highest BCUT2D eigenvalue weighted by molar-refractivity contribution is 7.07. The summed E-state index contributed by atoms with van der Waals surface area (Å²) in [6.45, 7) is 11.3. The number of thiazole rings is 1. The maximum atomic E-state index is 13.8. The molecule has 8 nitrogen and oxygen atoms in total. The lowest BCUT2D eigenvalue weighted by molar-refractivity contribution is -0.139. The van der Waals surface area contributed by atoms with E-state index in [0.29, 0.717) is 38.9 Å². The number of carbonyl (C=O) groups excluding carboxylic acids is 2. The predicted octanol–water partition coefficient (Wildman–Crippen LogP) is 4.25. The van der Waals surface area contributed by atoms with E-state index in [2.05, 4.69) is 31.0 Å². The van der Waals surface area contributed by atoms with Crippen LogP contribution >= 0.6 is 11.3 Å². The highest BCUT2D eigenvalue weighted by Crippen LogP contribution is 2.36. The van der Waals surface area contributed by atoms with Crippen LogP contribution in [0.4, 0.5) is 0 Å². The highest BCUT2D eigenvalue weighted by Gasteiger charge is 2.34. The lowest BCUT2D eigenvalue weighted by atomic mass is 9.95. The zero-order valence-corrected chi connectivity index (χ0v) is 23.8. The third-order valence-corrected chi connectivity index (χ3v) is 7.24. The van der Waals surface area contributed by atoms with Gasteiger partial charge in [-0.1, -0.05) is 55.5 Å². The van der Waals surface area contributed by atoms with Gasteiger partial charge in [0.15, 0.2) is 16.3 Å². The molecule has 39 heavy (non-hydrogen) atoms. The summed E-state index contributed by atoms with van der Waals surface area (Å²) in [5, 5.41) is 0. The minimum Gasteiger partial charge on any atom is -0.490 e. The van der Waals surface area contributed by atoms with Gasteiger partial charge in [-0.25, -0.2) is 9.79 Å². The Bertz CT molecular complexity index is 1610. The van der Waals surface area contributed by atoms with E-state index in [4.69, 9.17) is 14.2 Å². The molecule has 1 aliphatic rings. The summed E-state index contributed by atoms with van der Waals surface area (Å²) < 4.78 is 18.4. The first-order valence-corrected chi connectivity index (χ1v) is 13.7. The van der Waals surface area contributed by atoms with Crippen LogP contribution in [0.25, 0.3) is 6.08 Å². The number of allylic oxidation sites excluding steroid dienone is 1. The Kier molecular flexibility index (Phi) is 8.50. The molecule has 2 heterocycles. The average Bonchev–Trinajstić information content (AvgIpc) is 3.18. The van der Waals surface area contributed by atoms with Crippen molar-refractivity contribution in [3.63, 3.8) is 0 Å². The summed E-state index contributed by atoms with van der Waals surface area (Å²) in [6.07, 6.45) is 1.84. The molecule has 0 amide bonds. The van der Waals surface area contributed by atoms with Gasteiger partial charge in [-0.15, -0.1) is 0 Å². The SMILES string of the molecule is CCOC(=O)C1=C(C)N=c2sc(=Cc3ccc(C(C)C)cc3)c(=O)n2C1c1ccc(OC(C)=O)c(OCC)c1. The van der Waals surface area contributed by atoms with Crippen molar-refractivity contribution in [1.82, 2.24) is 4.57 Å². The summed E-state index contributed by atoms with van der Waals surface area (Å²) in [6, 6.07) is 12.3. The molecule has 1 aromatic heterocycles. The Balaban J connectivity index is 1.92. The number of hydrogen-bond acceptors (Lipinski definition) is 8. The van der Waals surface area contributed by atoms with Gasteiger partial charge < -0.3 is 14.2 Å². The minimum atomic E-state index is -0.809. The van der Waals surface area contributed by atoms with Gasteiger partial charge in [-0.05, 0) is 61.6 Å². The average molecular weight is 549 g/mol. The molecule has 1 atom stereocenters. The fourth-order valence-corrected chi connectivity index (χ4v) is 5.48. The van der Waals surface area contributed by atoms with Crippen molar-refractivity contribution in [2.24, 2.45) is 4.99 Å². The standard InChI is InChI=1S/C30H32N2O6S/c1-7-36-24-16-22(13-14-23(24)38-19(6)33)27-26(29(35)37-8-2)18(5)31-30-32(27)28(34)25(39-30)15-20-9-11-21(12-10-20)17(3)4/h9-17,27H,7-8H2,1-6H3. The van der Waals surface area contributed by atoms with Crippen molar-refractivity contribution < 1.29 is 23.8 Å². The fraction of sp³-hybridized carbons (Fsp3) is 0.333. The molecular formula is C30H32N2O6S. The van der Waals surface area contributed by atoms with Crippen LogP contribution in [0.15, 0.2) is 63.5 Å². The van der Waals surface area contributed by atoms with Gasteiger partial charge in [0.05, 0.1) is 35.1 Å². The van der Waals surface area contributed by atoms with Crippen molar-refractivity contribution in [2.45, 2.75) is 53.5 Å². The maximum Gasteiger partial charge on any atom is 0.338 e. The smallest absolute Gasteiger partial charge is 0.338 e. The number of ether oxygens (including phenoxy) is 3. The molecule has 2 aromatic carbocycles. The molecule has 0 saturated carbocycles. The molecule has 1 unspecified atom stereocenters. The molecule has 4 rings (SSSR count). The van der Waals surface area contributed by atoms with E-state index < -0.39 is 18.0 Å². The van der Waals surface area contributed by atoms with E-state index in [1.807, 2.05) is 25.1 Å². The molecule has 0 fully saturated rings. The second-order valence-corrected chi connectivity index (χ2v) is 10.4. The van der Waals surface area contributed by atoms with Crippen LogP contribution in [0.3, 0.4) is 0 Å². The first-order valence-electron chi connectivity index (χ1n) is 12.9. The lowest BCUT2D eigenvalue weighted by Crippen LogP contribution is -2.40. The molecule has 3 aromatic rings. The van der Waals surface area contributed by atoms with E-state index in [-0.39, 0.29) is 23.5 Å². The number of aromatic nitrogens is 1. The third-order valence-electron chi connectivity index (χ3n) is 6.25. The van der Waals surface area contributed by atoms with Crippen LogP contribution in [-0.2, 0) is 14.3 Å². The monoisotopic (exact) mass is 548 g/mol. The highest BCUT2D eigenvalue weighted by atomic mass is 32.1. The van der Waals surface area contributed by atoms with Crippen LogP contribution in [0.5, 0.6) is 11.5 Å². The first-order chi connectivity index (χ1) is 18.6. The molecule has 0 radical (unpaired) electrons. The normalized spacial score (nSPS) is 15.2. The van der Waals surface area contributed by atoms with E-state index >= 15 is 0 Å². The van der Waals surface area contributed by atoms with Crippen LogP contribution in [0, 0.1) is 0 Å². The molecule has 0 spiro atoms. The van der Waals surface area contributed by atoms with E-state index in [1.165, 1.54) is 28.4 Å². The second kappa shape index (κ2) is 11.8. The first kappa shape index (κ1) is 28.0. The van der Waals surface area contributed by atoms with Crippen LogP contribution in [-0.4, -0.2) is 29.7 Å². The maximum absolute atomic E-state index is 13.8. The Hall–Kier alpha value is -3.98.